The number of carbonyl (C=O) groups excluding carboxylic acids is 1. The summed E-state index contributed by atoms with van der Waals surface area (Å²) in [5.74, 6) is -0.521. The SMILES string of the molecule is CNC1CCC(N(C)C(=O)c2cccc(F)c2Br)CC1. The molecule has 3 nitrogen and oxygen atoms in total. The lowest BCUT2D eigenvalue weighted by molar-refractivity contribution is 0.0684. The van der Waals surface area contributed by atoms with Gasteiger partial charge in [0, 0.05) is 19.1 Å². The van der Waals surface area contributed by atoms with Gasteiger partial charge in [0.15, 0.2) is 0 Å². The highest BCUT2D eigenvalue weighted by Crippen LogP contribution is 2.26. The second-order valence-corrected chi connectivity index (χ2v) is 6.10. The Hall–Kier alpha value is -0.940. The largest absolute Gasteiger partial charge is 0.339 e. The highest BCUT2D eigenvalue weighted by Gasteiger charge is 2.27. The van der Waals surface area contributed by atoms with Gasteiger partial charge in [-0.3, -0.25) is 4.79 Å². The molecule has 0 heterocycles. The Morgan fingerprint density at radius 1 is 1.35 bits per heavy atom. The number of carbonyl (C=O) groups is 1. The third-order valence-electron chi connectivity index (χ3n) is 4.16. The number of nitrogens with zero attached hydrogens (tertiary/aromatic N) is 1. The van der Waals surface area contributed by atoms with Crippen LogP contribution in [0.1, 0.15) is 36.0 Å². The van der Waals surface area contributed by atoms with E-state index in [9.17, 15) is 9.18 Å². The van der Waals surface area contributed by atoms with Crippen molar-refractivity contribution in [1.29, 1.82) is 0 Å². The highest BCUT2D eigenvalue weighted by molar-refractivity contribution is 9.10. The van der Waals surface area contributed by atoms with Crippen LogP contribution in [0.3, 0.4) is 0 Å². The molecular weight excluding hydrogens is 323 g/mol. The molecule has 1 aromatic rings. The van der Waals surface area contributed by atoms with Crippen molar-refractivity contribution in [2.24, 2.45) is 0 Å². The van der Waals surface area contributed by atoms with Crippen molar-refractivity contribution < 1.29 is 9.18 Å². The summed E-state index contributed by atoms with van der Waals surface area (Å²) in [4.78, 5) is 14.2. The summed E-state index contributed by atoms with van der Waals surface area (Å²) in [5.41, 5.74) is 0.392. The third-order valence-corrected chi connectivity index (χ3v) is 4.96. The van der Waals surface area contributed by atoms with Crippen LogP contribution < -0.4 is 5.32 Å². The van der Waals surface area contributed by atoms with Gasteiger partial charge in [-0.1, -0.05) is 6.07 Å². The van der Waals surface area contributed by atoms with Crippen LogP contribution in [-0.4, -0.2) is 37.0 Å². The average molecular weight is 343 g/mol. The zero-order valence-electron chi connectivity index (χ0n) is 11.8. The Labute approximate surface area is 127 Å². The molecule has 0 aliphatic heterocycles. The summed E-state index contributed by atoms with van der Waals surface area (Å²) in [6, 6.07) is 5.36. The first-order valence-electron chi connectivity index (χ1n) is 6.93. The minimum Gasteiger partial charge on any atom is -0.339 e. The van der Waals surface area contributed by atoms with Crippen LogP contribution in [0.25, 0.3) is 0 Å². The number of amides is 1. The number of nitrogens with one attached hydrogen (secondary N) is 1. The molecular formula is C15H20BrFN2O. The van der Waals surface area contributed by atoms with E-state index in [0.29, 0.717) is 11.6 Å². The van der Waals surface area contributed by atoms with Crippen molar-refractivity contribution in [3.8, 4) is 0 Å². The number of halogens is 2. The molecule has 0 saturated heterocycles. The van der Waals surface area contributed by atoms with Gasteiger partial charge in [-0.05, 0) is 60.8 Å². The van der Waals surface area contributed by atoms with Gasteiger partial charge in [0.1, 0.15) is 5.82 Å². The minimum atomic E-state index is -0.400. The topological polar surface area (TPSA) is 32.3 Å². The Bertz CT molecular complexity index is 487. The van der Waals surface area contributed by atoms with Gasteiger partial charge in [-0.15, -0.1) is 0 Å². The lowest BCUT2D eigenvalue weighted by Gasteiger charge is -2.34. The Morgan fingerprint density at radius 3 is 2.60 bits per heavy atom. The molecule has 0 unspecified atom stereocenters. The standard InChI is InChI=1S/C15H20BrFN2O/c1-18-10-6-8-11(9-7-10)19(2)15(20)12-4-3-5-13(17)14(12)16/h3-5,10-11,18H,6-9H2,1-2H3. The second kappa shape index (κ2) is 6.68. The maximum Gasteiger partial charge on any atom is 0.255 e. The zero-order chi connectivity index (χ0) is 14.7. The van der Waals surface area contributed by atoms with E-state index in [1.54, 1.807) is 17.0 Å². The van der Waals surface area contributed by atoms with E-state index in [-0.39, 0.29) is 16.4 Å². The third kappa shape index (κ3) is 3.20. The average Bonchev–Trinajstić information content (AvgIpc) is 2.48. The molecule has 1 N–H and O–H groups in total. The van der Waals surface area contributed by atoms with Gasteiger partial charge in [0.25, 0.3) is 5.91 Å². The van der Waals surface area contributed by atoms with E-state index in [1.807, 2.05) is 14.1 Å². The van der Waals surface area contributed by atoms with E-state index in [4.69, 9.17) is 0 Å². The summed E-state index contributed by atoms with van der Waals surface area (Å²) < 4.78 is 13.8. The maximum atomic E-state index is 13.5. The van der Waals surface area contributed by atoms with Crippen molar-refractivity contribution in [1.82, 2.24) is 10.2 Å². The molecule has 1 aliphatic carbocycles. The second-order valence-electron chi connectivity index (χ2n) is 5.31. The number of hydrogen-bond donors (Lipinski definition) is 1. The van der Waals surface area contributed by atoms with E-state index in [0.717, 1.165) is 25.7 Å². The van der Waals surface area contributed by atoms with E-state index in [2.05, 4.69) is 21.2 Å². The molecule has 1 amide bonds. The van der Waals surface area contributed by atoms with Crippen molar-refractivity contribution in [3.05, 3.63) is 34.1 Å². The van der Waals surface area contributed by atoms with E-state index < -0.39 is 5.82 Å². The van der Waals surface area contributed by atoms with E-state index in [1.165, 1.54) is 6.07 Å². The summed E-state index contributed by atoms with van der Waals surface area (Å²) in [7, 11) is 3.79. The molecule has 1 fully saturated rings. The Morgan fingerprint density at radius 2 is 2.00 bits per heavy atom. The highest BCUT2D eigenvalue weighted by atomic mass is 79.9. The maximum absolute atomic E-state index is 13.5. The summed E-state index contributed by atoms with van der Waals surface area (Å²) in [6.07, 6.45) is 4.12. The first kappa shape index (κ1) is 15.4. The summed E-state index contributed by atoms with van der Waals surface area (Å²) in [5, 5.41) is 3.28. The lowest BCUT2D eigenvalue weighted by Crippen LogP contribution is -2.42. The quantitative estimate of drug-likeness (QED) is 0.914. The van der Waals surface area contributed by atoms with Gasteiger partial charge < -0.3 is 10.2 Å². The minimum absolute atomic E-state index is 0.121. The Balaban J connectivity index is 2.07. The van der Waals surface area contributed by atoms with Crippen molar-refractivity contribution in [2.75, 3.05) is 14.1 Å². The van der Waals surface area contributed by atoms with Crippen molar-refractivity contribution >= 4 is 21.8 Å². The van der Waals surface area contributed by atoms with Crippen LogP contribution in [0, 0.1) is 5.82 Å². The van der Waals surface area contributed by atoms with Crippen molar-refractivity contribution in [2.45, 2.75) is 37.8 Å². The van der Waals surface area contributed by atoms with Gasteiger partial charge in [-0.25, -0.2) is 4.39 Å². The molecule has 2 rings (SSSR count). The molecule has 1 aromatic carbocycles. The number of rotatable bonds is 3. The molecule has 0 aromatic heterocycles. The van der Waals surface area contributed by atoms with E-state index >= 15 is 0 Å². The lowest BCUT2D eigenvalue weighted by atomic mass is 9.90. The summed E-state index contributed by atoms with van der Waals surface area (Å²) >= 11 is 3.16. The van der Waals surface area contributed by atoms with Crippen LogP contribution in [0.4, 0.5) is 4.39 Å². The van der Waals surface area contributed by atoms with Crippen LogP contribution in [0.5, 0.6) is 0 Å². The predicted molar refractivity (Wildman–Crippen MR) is 81.3 cm³/mol. The fourth-order valence-electron chi connectivity index (χ4n) is 2.78. The number of benzene rings is 1. The molecule has 5 heteroatoms. The van der Waals surface area contributed by atoms with Crippen LogP contribution >= 0.6 is 15.9 Å². The van der Waals surface area contributed by atoms with Crippen molar-refractivity contribution in [3.63, 3.8) is 0 Å². The van der Waals surface area contributed by atoms with Gasteiger partial charge in [0.2, 0.25) is 0 Å². The Kier molecular flexibility index (Phi) is 5.16. The normalized spacial score (nSPS) is 22.6. The molecule has 0 radical (unpaired) electrons. The monoisotopic (exact) mass is 342 g/mol. The number of hydrogen-bond acceptors (Lipinski definition) is 2. The molecule has 20 heavy (non-hydrogen) atoms. The van der Waals surface area contributed by atoms with Crippen LogP contribution in [-0.2, 0) is 0 Å². The van der Waals surface area contributed by atoms with Gasteiger partial charge in [-0.2, -0.15) is 0 Å². The zero-order valence-corrected chi connectivity index (χ0v) is 13.4. The fraction of sp³-hybridized carbons (Fsp3) is 0.533. The van der Waals surface area contributed by atoms with Gasteiger partial charge in [0.05, 0.1) is 10.0 Å². The molecule has 1 saturated carbocycles. The summed E-state index contributed by atoms with van der Waals surface area (Å²) in [6.45, 7) is 0. The molecule has 0 atom stereocenters. The smallest absolute Gasteiger partial charge is 0.255 e. The molecule has 0 bridgehead atoms. The predicted octanol–water partition coefficient (Wildman–Crippen LogP) is 3.19. The van der Waals surface area contributed by atoms with Gasteiger partial charge >= 0.3 is 0 Å². The van der Waals surface area contributed by atoms with Crippen LogP contribution in [0.15, 0.2) is 22.7 Å². The first-order chi connectivity index (χ1) is 9.54. The molecule has 1 aliphatic rings. The first-order valence-corrected chi connectivity index (χ1v) is 7.72. The molecule has 110 valence electrons. The molecule has 0 spiro atoms. The van der Waals surface area contributed by atoms with Crippen LogP contribution in [0.2, 0.25) is 0 Å². The fourth-order valence-corrected chi connectivity index (χ4v) is 3.21.